The van der Waals surface area contributed by atoms with Crippen LogP contribution in [0.2, 0.25) is 0 Å². The molecule has 1 atom stereocenters. The Hall–Kier alpha value is -0.720. The summed E-state index contributed by atoms with van der Waals surface area (Å²) >= 11 is -2.86. The van der Waals surface area contributed by atoms with Gasteiger partial charge in [-0.25, -0.2) is 4.21 Å². The molecule has 62 valence electrons. The number of hydrogen-bond acceptors (Lipinski definition) is 3. The minimum atomic E-state index is -2.86. The minimum Gasteiger partial charge on any atom is -0.750 e. The van der Waals surface area contributed by atoms with E-state index in [1.54, 1.807) is 0 Å². The van der Waals surface area contributed by atoms with Crippen molar-refractivity contribution in [3.63, 3.8) is 0 Å². The van der Waals surface area contributed by atoms with E-state index in [0.29, 0.717) is 0 Å². The molecule has 6 heteroatoms. The van der Waals surface area contributed by atoms with E-state index in [0.717, 1.165) is 0 Å². The second-order valence-corrected chi connectivity index (χ2v) is 1.12. The molecule has 0 spiro atoms. The van der Waals surface area contributed by atoms with Crippen molar-refractivity contribution in [1.82, 2.24) is 0 Å². The molecule has 0 aromatic heterocycles. The van der Waals surface area contributed by atoms with Crippen LogP contribution in [0.15, 0.2) is 25.7 Å². The molecule has 0 heterocycles. The van der Waals surface area contributed by atoms with Gasteiger partial charge in [0.15, 0.2) is 0 Å². The predicted molar refractivity (Wildman–Crippen MR) is 35.5 cm³/mol. The third-order valence-electron chi connectivity index (χ3n) is 0.192. The van der Waals surface area contributed by atoms with Crippen LogP contribution in [-0.4, -0.2) is 13.3 Å². The van der Waals surface area contributed by atoms with Gasteiger partial charge in [-0.3, -0.25) is 4.70 Å². The van der Waals surface area contributed by atoms with Gasteiger partial charge in [0.05, 0.1) is 23.9 Å². The molecular formula is C4H8FO4S-. The van der Waals surface area contributed by atoms with Crippen molar-refractivity contribution < 1.29 is 22.8 Å². The molecule has 0 radical (unpaired) electrons. The maximum atomic E-state index is 8.56. The molecule has 0 rings (SSSR count). The molecule has 0 saturated heterocycles. The lowest BCUT2D eigenvalue weighted by Crippen LogP contribution is -1.75. The van der Waals surface area contributed by atoms with Crippen LogP contribution in [0.5, 0.6) is 0 Å². The Morgan fingerprint density at radius 3 is 1.70 bits per heavy atom. The van der Waals surface area contributed by atoms with E-state index in [1.165, 1.54) is 12.5 Å². The Balaban J connectivity index is -0.0000000910. The first-order chi connectivity index (χ1) is 4.15. The molecule has 0 aliphatic carbocycles. The summed E-state index contributed by atoms with van der Waals surface area (Å²) in [4.78, 5) is 0. The molecule has 1 unspecified atom stereocenters. The van der Waals surface area contributed by atoms with Gasteiger partial charge in [-0.1, -0.05) is 13.2 Å². The van der Waals surface area contributed by atoms with Crippen LogP contribution >= 0.6 is 0 Å². The van der Waals surface area contributed by atoms with Crippen molar-refractivity contribution in [2.24, 2.45) is 0 Å². The van der Waals surface area contributed by atoms with Gasteiger partial charge in [0, 0.05) is 0 Å². The Labute approximate surface area is 60.7 Å². The van der Waals surface area contributed by atoms with Crippen molar-refractivity contribution in [3.05, 3.63) is 25.7 Å². The van der Waals surface area contributed by atoms with Crippen LogP contribution < -0.4 is 0 Å². The second-order valence-electron chi connectivity index (χ2n) is 0.687. The van der Waals surface area contributed by atoms with Gasteiger partial charge in [0.25, 0.3) is 0 Å². The van der Waals surface area contributed by atoms with E-state index < -0.39 is 11.4 Å². The molecular weight excluding hydrogens is 163 g/mol. The first kappa shape index (κ1) is 16.1. The molecule has 0 aliphatic rings. The number of ether oxygens (including phenoxy) is 1. The minimum absolute atomic E-state index is 0. The maximum Gasteiger partial charge on any atom is 0.0829 e. The third-order valence-corrected chi connectivity index (χ3v) is 0.192. The van der Waals surface area contributed by atoms with E-state index in [1.807, 2.05) is 0 Å². The molecule has 0 saturated carbocycles. The van der Waals surface area contributed by atoms with Crippen molar-refractivity contribution >= 4 is 11.4 Å². The average Bonchev–Trinajstić information content (AvgIpc) is 1.66. The van der Waals surface area contributed by atoms with Crippen molar-refractivity contribution in [2.75, 3.05) is 0 Å². The fraction of sp³-hybridized carbons (Fsp3) is 0. The van der Waals surface area contributed by atoms with Gasteiger partial charge in [0.1, 0.15) is 0 Å². The van der Waals surface area contributed by atoms with E-state index in [2.05, 4.69) is 17.9 Å². The Kier molecular flexibility index (Phi) is 25.4. The lowest BCUT2D eigenvalue weighted by atomic mass is 11.1. The highest BCUT2D eigenvalue weighted by Crippen LogP contribution is 1.65. The van der Waals surface area contributed by atoms with Gasteiger partial charge in [-0.05, 0) is 0 Å². The highest BCUT2D eigenvalue weighted by atomic mass is 32.2. The van der Waals surface area contributed by atoms with Crippen LogP contribution in [0.1, 0.15) is 0 Å². The zero-order valence-corrected chi connectivity index (χ0v) is 5.87. The normalized spacial score (nSPS) is 9.00. The van der Waals surface area contributed by atoms with Crippen molar-refractivity contribution in [2.45, 2.75) is 0 Å². The zero-order valence-electron chi connectivity index (χ0n) is 5.06. The lowest BCUT2D eigenvalue weighted by molar-refractivity contribution is 0.406. The summed E-state index contributed by atoms with van der Waals surface area (Å²) in [6, 6.07) is 0. The number of halogens is 1. The van der Waals surface area contributed by atoms with Crippen molar-refractivity contribution in [3.8, 4) is 0 Å². The van der Waals surface area contributed by atoms with Crippen LogP contribution in [0.4, 0.5) is 4.70 Å². The summed E-state index contributed by atoms with van der Waals surface area (Å²) in [6.07, 6.45) is 2.62. The Morgan fingerprint density at radius 2 is 1.70 bits per heavy atom. The molecule has 10 heavy (non-hydrogen) atoms. The number of rotatable bonds is 2. The van der Waals surface area contributed by atoms with Crippen molar-refractivity contribution in [1.29, 1.82) is 0 Å². The second kappa shape index (κ2) is 15.7. The molecule has 0 aliphatic heterocycles. The van der Waals surface area contributed by atoms with E-state index in [4.69, 9.17) is 13.3 Å². The summed E-state index contributed by atoms with van der Waals surface area (Å²) in [6.45, 7) is 6.51. The quantitative estimate of drug-likeness (QED) is 0.492. The Bertz CT molecular complexity index is 95.4. The topological polar surface area (TPSA) is 69.6 Å². The summed E-state index contributed by atoms with van der Waals surface area (Å²) in [5.74, 6) is 0. The van der Waals surface area contributed by atoms with Gasteiger partial charge < -0.3 is 13.8 Å². The fourth-order valence-corrected chi connectivity index (χ4v) is 0.0680. The van der Waals surface area contributed by atoms with Gasteiger partial charge in [-0.2, -0.15) is 0 Å². The molecule has 0 bridgehead atoms. The molecule has 1 N–H and O–H groups in total. The third kappa shape index (κ3) is 175. The van der Waals surface area contributed by atoms with E-state index in [-0.39, 0.29) is 4.70 Å². The molecule has 0 fully saturated rings. The molecule has 0 amide bonds. The van der Waals surface area contributed by atoms with Crippen LogP contribution in [0.3, 0.4) is 0 Å². The van der Waals surface area contributed by atoms with Crippen LogP contribution in [0, 0.1) is 0 Å². The average molecular weight is 171 g/mol. The largest absolute Gasteiger partial charge is 0.750 e. The molecule has 4 nitrogen and oxygen atoms in total. The summed E-state index contributed by atoms with van der Waals surface area (Å²) < 4.78 is 28.4. The van der Waals surface area contributed by atoms with E-state index >= 15 is 0 Å². The van der Waals surface area contributed by atoms with Crippen LogP contribution in [-0.2, 0) is 16.1 Å². The van der Waals surface area contributed by atoms with Gasteiger partial charge in [0.2, 0.25) is 0 Å². The van der Waals surface area contributed by atoms with Gasteiger partial charge in [-0.15, -0.1) is 0 Å². The monoisotopic (exact) mass is 171 g/mol. The first-order valence-corrected chi connectivity index (χ1v) is 2.84. The SMILES string of the molecule is C=COC=C.F.O=S([O-])O. The van der Waals surface area contributed by atoms with Crippen LogP contribution in [0.25, 0.3) is 0 Å². The highest BCUT2D eigenvalue weighted by molar-refractivity contribution is 7.73. The standard InChI is InChI=1S/C4H6O.FH.H2O3S/c1-3-5-4-2;;1-4(2)3/h3-4H,1-2H2;1H;(H2,1,2,3)/p-1. The van der Waals surface area contributed by atoms with Gasteiger partial charge >= 0.3 is 0 Å². The molecule has 0 aromatic rings. The summed E-state index contributed by atoms with van der Waals surface area (Å²) in [5, 5.41) is 0. The fourth-order valence-electron chi connectivity index (χ4n) is 0.0680. The lowest BCUT2D eigenvalue weighted by Gasteiger charge is -1.83. The Morgan fingerprint density at radius 1 is 1.50 bits per heavy atom. The predicted octanol–water partition coefficient (Wildman–Crippen LogP) is 0.781. The summed E-state index contributed by atoms with van der Waals surface area (Å²) in [5.41, 5.74) is 0. The maximum absolute atomic E-state index is 8.56. The molecule has 0 aromatic carbocycles. The smallest absolute Gasteiger partial charge is 0.0829 e. The van der Waals surface area contributed by atoms with E-state index in [9.17, 15) is 0 Å². The summed E-state index contributed by atoms with van der Waals surface area (Å²) in [7, 11) is 0. The highest BCUT2D eigenvalue weighted by Gasteiger charge is 1.45. The zero-order chi connectivity index (χ0) is 7.70. The first-order valence-electron chi connectivity index (χ1n) is 1.80. The number of hydrogen-bond donors (Lipinski definition) is 1.